The Morgan fingerprint density at radius 2 is 1.76 bits per heavy atom. The molecule has 0 bridgehead atoms. The van der Waals surface area contributed by atoms with Crippen molar-refractivity contribution in [1.29, 1.82) is 0 Å². The molecular weight excluding hydrogens is 266 g/mol. The van der Waals surface area contributed by atoms with Gasteiger partial charge in [0.25, 0.3) is 0 Å². The first-order chi connectivity index (χ1) is 10.1. The van der Waals surface area contributed by atoms with Gasteiger partial charge in [-0.15, -0.1) is 0 Å². The van der Waals surface area contributed by atoms with Crippen molar-refractivity contribution in [2.45, 2.75) is 39.7 Å². The van der Waals surface area contributed by atoms with E-state index in [0.717, 1.165) is 24.9 Å². The number of hydrogen-bond acceptors (Lipinski definition) is 3. The number of fused-ring (bicyclic) bond motifs is 1. The van der Waals surface area contributed by atoms with Gasteiger partial charge in [-0.25, -0.2) is 0 Å². The molecule has 0 amide bonds. The Balaban J connectivity index is 2.45. The summed E-state index contributed by atoms with van der Waals surface area (Å²) >= 11 is 0. The highest BCUT2D eigenvalue weighted by molar-refractivity contribution is 5.74. The van der Waals surface area contributed by atoms with Gasteiger partial charge in [-0.1, -0.05) is 33.3 Å². The molecule has 2 rings (SSSR count). The summed E-state index contributed by atoms with van der Waals surface area (Å²) in [6, 6.07) is 6.06. The van der Waals surface area contributed by atoms with Crippen LogP contribution in [-0.2, 0) is 0 Å². The van der Waals surface area contributed by atoms with Gasteiger partial charge < -0.3 is 15.3 Å². The van der Waals surface area contributed by atoms with E-state index in [2.05, 4.69) is 36.1 Å². The fraction of sp³-hybridized carbons (Fsp3) is 0.500. The molecule has 0 aliphatic carbocycles. The van der Waals surface area contributed by atoms with E-state index >= 15 is 0 Å². The van der Waals surface area contributed by atoms with Crippen molar-refractivity contribution < 1.29 is 0 Å². The summed E-state index contributed by atoms with van der Waals surface area (Å²) in [6.07, 6.45) is 2.28. The molecule has 3 N–H and O–H groups in total. The highest BCUT2D eigenvalue weighted by Gasteiger charge is 2.18. The number of aromatic amines is 2. The van der Waals surface area contributed by atoms with Crippen LogP contribution < -0.4 is 16.4 Å². The molecule has 2 unspecified atom stereocenters. The Morgan fingerprint density at radius 3 is 2.38 bits per heavy atom. The van der Waals surface area contributed by atoms with Gasteiger partial charge in [-0.2, -0.15) is 0 Å². The first-order valence-corrected chi connectivity index (χ1v) is 7.56. The first-order valence-electron chi connectivity index (χ1n) is 7.56. The summed E-state index contributed by atoms with van der Waals surface area (Å²) in [7, 11) is 0. The first kappa shape index (κ1) is 15.5. The Kier molecular flexibility index (Phi) is 4.96. The van der Waals surface area contributed by atoms with Gasteiger partial charge in [-0.05, 0) is 36.6 Å². The maximum Gasteiger partial charge on any atom is 0.314 e. The summed E-state index contributed by atoms with van der Waals surface area (Å²) in [5.41, 5.74) is 1.23. The van der Waals surface area contributed by atoms with Crippen molar-refractivity contribution in [3.63, 3.8) is 0 Å². The third kappa shape index (κ3) is 3.42. The number of H-pyrrole nitrogens is 2. The van der Waals surface area contributed by atoms with E-state index in [1.807, 2.05) is 18.2 Å². The second kappa shape index (κ2) is 6.72. The highest BCUT2D eigenvalue weighted by Crippen LogP contribution is 2.26. The van der Waals surface area contributed by atoms with E-state index in [4.69, 9.17) is 0 Å². The maximum atomic E-state index is 11.5. The molecule has 0 fully saturated rings. The average molecular weight is 289 g/mol. The minimum Gasteiger partial charge on any atom is -0.316 e. The van der Waals surface area contributed by atoms with Crippen LogP contribution in [0.25, 0.3) is 11.0 Å². The topological polar surface area (TPSA) is 77.8 Å². The summed E-state index contributed by atoms with van der Waals surface area (Å²) < 4.78 is 0. The molecule has 21 heavy (non-hydrogen) atoms. The normalized spacial score (nSPS) is 14.2. The second-order valence-electron chi connectivity index (χ2n) is 5.51. The molecule has 114 valence electrons. The van der Waals surface area contributed by atoms with Gasteiger partial charge in [0.2, 0.25) is 0 Å². The standard InChI is InChI=1S/C16H23N3O2/c1-4-6-10(3)14(17-5-2)11-7-8-12-13(9-11)19-16(21)15(20)18-12/h7-10,14,17H,4-6H2,1-3H3,(H,18,20)(H,19,21). The van der Waals surface area contributed by atoms with Crippen molar-refractivity contribution in [3.05, 3.63) is 44.5 Å². The molecule has 0 radical (unpaired) electrons. The van der Waals surface area contributed by atoms with Crippen LogP contribution in [-0.4, -0.2) is 16.5 Å². The van der Waals surface area contributed by atoms with Gasteiger partial charge in [0, 0.05) is 6.04 Å². The zero-order valence-electron chi connectivity index (χ0n) is 12.8. The Bertz CT molecular complexity index is 717. The molecule has 5 nitrogen and oxygen atoms in total. The fourth-order valence-corrected chi connectivity index (χ4v) is 2.82. The van der Waals surface area contributed by atoms with Crippen LogP contribution in [0.3, 0.4) is 0 Å². The van der Waals surface area contributed by atoms with E-state index in [1.165, 1.54) is 0 Å². The van der Waals surface area contributed by atoms with Crippen molar-refractivity contribution in [2.24, 2.45) is 5.92 Å². The zero-order chi connectivity index (χ0) is 15.4. The van der Waals surface area contributed by atoms with Crippen LogP contribution in [0, 0.1) is 5.92 Å². The van der Waals surface area contributed by atoms with Crippen LogP contribution >= 0.6 is 0 Å². The molecule has 1 aromatic carbocycles. The molecule has 0 aliphatic heterocycles. The molecule has 0 saturated carbocycles. The third-order valence-corrected chi connectivity index (χ3v) is 3.84. The molecule has 2 atom stereocenters. The van der Waals surface area contributed by atoms with Gasteiger partial charge >= 0.3 is 11.1 Å². The van der Waals surface area contributed by atoms with E-state index in [-0.39, 0.29) is 6.04 Å². The van der Waals surface area contributed by atoms with Crippen LogP contribution in [0.5, 0.6) is 0 Å². The molecule has 5 heteroatoms. The summed E-state index contributed by atoms with van der Waals surface area (Å²) in [5.74, 6) is 0.502. The van der Waals surface area contributed by atoms with Crippen molar-refractivity contribution in [3.8, 4) is 0 Å². The van der Waals surface area contributed by atoms with Crippen LogP contribution in [0.1, 0.15) is 45.2 Å². The van der Waals surface area contributed by atoms with Gasteiger partial charge in [-0.3, -0.25) is 9.59 Å². The van der Waals surface area contributed by atoms with E-state index in [9.17, 15) is 9.59 Å². The lowest BCUT2D eigenvalue weighted by molar-refractivity contribution is 0.369. The maximum absolute atomic E-state index is 11.5. The summed E-state index contributed by atoms with van der Waals surface area (Å²) in [4.78, 5) is 28.0. The minimum atomic E-state index is -0.613. The molecule has 0 saturated heterocycles. The van der Waals surface area contributed by atoms with Crippen LogP contribution in [0.2, 0.25) is 0 Å². The number of hydrogen-bond donors (Lipinski definition) is 3. The van der Waals surface area contributed by atoms with Gasteiger partial charge in [0.15, 0.2) is 0 Å². The van der Waals surface area contributed by atoms with Crippen molar-refractivity contribution in [1.82, 2.24) is 15.3 Å². The van der Waals surface area contributed by atoms with Gasteiger partial charge in [0.1, 0.15) is 0 Å². The summed E-state index contributed by atoms with van der Waals surface area (Å²) in [6.45, 7) is 7.39. The van der Waals surface area contributed by atoms with Crippen molar-refractivity contribution >= 4 is 11.0 Å². The second-order valence-corrected chi connectivity index (χ2v) is 5.51. The van der Waals surface area contributed by atoms with Crippen LogP contribution in [0.4, 0.5) is 0 Å². The Hall–Kier alpha value is -1.88. The molecule has 1 aromatic heterocycles. The monoisotopic (exact) mass is 289 g/mol. The number of benzene rings is 1. The highest BCUT2D eigenvalue weighted by atomic mass is 16.2. The average Bonchev–Trinajstić information content (AvgIpc) is 2.46. The Morgan fingerprint density at radius 1 is 1.10 bits per heavy atom. The largest absolute Gasteiger partial charge is 0.316 e. The third-order valence-electron chi connectivity index (χ3n) is 3.84. The molecular formula is C16H23N3O2. The molecule has 2 aromatic rings. The van der Waals surface area contributed by atoms with Crippen LogP contribution in [0.15, 0.2) is 27.8 Å². The SMILES string of the molecule is CCCC(C)C(NCC)c1ccc2[nH]c(=O)c(=O)[nH]c2c1. The number of aromatic nitrogens is 2. The smallest absolute Gasteiger partial charge is 0.314 e. The molecule has 0 spiro atoms. The zero-order valence-corrected chi connectivity index (χ0v) is 12.8. The number of rotatable bonds is 6. The fourth-order valence-electron chi connectivity index (χ4n) is 2.82. The molecule has 0 aliphatic rings. The van der Waals surface area contributed by atoms with E-state index in [1.54, 1.807) is 0 Å². The predicted molar refractivity (Wildman–Crippen MR) is 85.7 cm³/mol. The lowest BCUT2D eigenvalue weighted by Gasteiger charge is -2.25. The van der Waals surface area contributed by atoms with Gasteiger partial charge in [0.05, 0.1) is 11.0 Å². The summed E-state index contributed by atoms with van der Waals surface area (Å²) in [5, 5.41) is 3.51. The predicted octanol–water partition coefficient (Wildman–Crippen LogP) is 2.30. The van der Waals surface area contributed by atoms with Crippen molar-refractivity contribution in [2.75, 3.05) is 6.54 Å². The molecule has 1 heterocycles. The Labute approximate surface area is 123 Å². The lowest BCUT2D eigenvalue weighted by atomic mass is 9.90. The van der Waals surface area contributed by atoms with E-state index in [0.29, 0.717) is 17.0 Å². The minimum absolute atomic E-state index is 0.245. The van der Waals surface area contributed by atoms with E-state index < -0.39 is 11.1 Å². The quantitative estimate of drug-likeness (QED) is 0.714. The number of nitrogens with one attached hydrogen (secondary N) is 3. The lowest BCUT2D eigenvalue weighted by Crippen LogP contribution is -2.29.